The SMILES string of the molecule is CCCCC(S)I. The van der Waals surface area contributed by atoms with Crippen molar-refractivity contribution in [2.45, 2.75) is 29.4 Å². The van der Waals surface area contributed by atoms with Crippen LogP contribution in [0.4, 0.5) is 0 Å². The van der Waals surface area contributed by atoms with Crippen LogP contribution in [0.15, 0.2) is 0 Å². The minimum Gasteiger partial charge on any atom is -0.165 e. The number of alkyl halides is 1. The van der Waals surface area contributed by atoms with Gasteiger partial charge in [-0.05, 0) is 6.42 Å². The number of halogens is 1. The first kappa shape index (κ1) is 8.08. The molecule has 7 heavy (non-hydrogen) atoms. The predicted octanol–water partition coefficient (Wildman–Crippen LogP) is 2.87. The van der Waals surface area contributed by atoms with Crippen molar-refractivity contribution in [3.63, 3.8) is 0 Å². The molecule has 0 radical (unpaired) electrons. The smallest absolute Gasteiger partial charge is 0.0534 e. The first-order chi connectivity index (χ1) is 3.27. The predicted molar refractivity (Wildman–Crippen MR) is 46.3 cm³/mol. The zero-order valence-corrected chi connectivity index (χ0v) is 7.58. The molecule has 0 N–H and O–H groups in total. The van der Waals surface area contributed by atoms with Gasteiger partial charge in [-0.3, -0.25) is 0 Å². The van der Waals surface area contributed by atoms with Crippen LogP contribution in [0.2, 0.25) is 0 Å². The molecule has 0 aliphatic heterocycles. The molecular formula is C5H11IS. The highest BCUT2D eigenvalue weighted by molar-refractivity contribution is 14.1. The second-order valence-electron chi connectivity index (χ2n) is 1.58. The molecule has 0 aromatic rings. The highest BCUT2D eigenvalue weighted by Gasteiger charge is 1.91. The molecule has 2 heteroatoms. The van der Waals surface area contributed by atoms with Gasteiger partial charge in [0.25, 0.3) is 0 Å². The third-order valence-electron chi connectivity index (χ3n) is 0.796. The Morgan fingerprint density at radius 3 is 2.43 bits per heavy atom. The molecule has 0 nitrogen and oxygen atoms in total. The Hall–Kier alpha value is 1.08. The van der Waals surface area contributed by atoms with Crippen LogP contribution in [0.5, 0.6) is 0 Å². The van der Waals surface area contributed by atoms with Gasteiger partial charge in [-0.1, -0.05) is 42.4 Å². The van der Waals surface area contributed by atoms with E-state index in [0.717, 1.165) is 0 Å². The first-order valence-electron chi connectivity index (χ1n) is 2.59. The number of hydrogen-bond donors (Lipinski definition) is 1. The van der Waals surface area contributed by atoms with E-state index in [-0.39, 0.29) is 0 Å². The van der Waals surface area contributed by atoms with Gasteiger partial charge < -0.3 is 0 Å². The van der Waals surface area contributed by atoms with E-state index in [2.05, 4.69) is 42.1 Å². The van der Waals surface area contributed by atoms with Crippen LogP contribution < -0.4 is 0 Å². The van der Waals surface area contributed by atoms with Crippen molar-refractivity contribution in [2.75, 3.05) is 0 Å². The average molecular weight is 230 g/mol. The Morgan fingerprint density at radius 2 is 2.29 bits per heavy atom. The highest BCUT2D eigenvalue weighted by atomic mass is 127. The normalized spacial score (nSPS) is 14.1. The van der Waals surface area contributed by atoms with Crippen molar-refractivity contribution < 1.29 is 0 Å². The van der Waals surface area contributed by atoms with E-state index in [1.54, 1.807) is 0 Å². The van der Waals surface area contributed by atoms with Gasteiger partial charge in [0.15, 0.2) is 0 Å². The van der Waals surface area contributed by atoms with E-state index in [9.17, 15) is 0 Å². The standard InChI is InChI=1S/C5H11IS/c1-2-3-4-5(6)7/h5,7H,2-4H2,1H3. The number of thiol groups is 1. The summed E-state index contributed by atoms with van der Waals surface area (Å²) in [6.07, 6.45) is 3.86. The van der Waals surface area contributed by atoms with Gasteiger partial charge >= 0.3 is 0 Å². The Kier molecular flexibility index (Phi) is 6.03. The number of hydrogen-bond acceptors (Lipinski definition) is 1. The maximum absolute atomic E-state index is 4.22. The topological polar surface area (TPSA) is 0 Å². The molecule has 0 saturated heterocycles. The van der Waals surface area contributed by atoms with Crippen LogP contribution in [-0.4, -0.2) is 3.26 Å². The molecule has 0 heterocycles. The molecule has 44 valence electrons. The molecule has 0 aliphatic rings. The minimum atomic E-state index is 0.567. The molecule has 1 atom stereocenters. The Morgan fingerprint density at radius 1 is 1.71 bits per heavy atom. The van der Waals surface area contributed by atoms with Crippen molar-refractivity contribution in [3.8, 4) is 0 Å². The fourth-order valence-corrected chi connectivity index (χ4v) is 0.996. The van der Waals surface area contributed by atoms with Crippen LogP contribution in [-0.2, 0) is 0 Å². The van der Waals surface area contributed by atoms with E-state index in [1.807, 2.05) is 0 Å². The van der Waals surface area contributed by atoms with Crippen molar-refractivity contribution in [1.29, 1.82) is 0 Å². The van der Waals surface area contributed by atoms with E-state index in [0.29, 0.717) is 3.26 Å². The quantitative estimate of drug-likeness (QED) is 0.430. The highest BCUT2D eigenvalue weighted by Crippen LogP contribution is 2.12. The maximum atomic E-state index is 4.22. The summed E-state index contributed by atoms with van der Waals surface area (Å²) in [5.41, 5.74) is 0. The molecule has 0 aromatic heterocycles. The van der Waals surface area contributed by atoms with E-state index in [1.165, 1.54) is 19.3 Å². The summed E-state index contributed by atoms with van der Waals surface area (Å²) in [6.45, 7) is 2.20. The molecule has 0 saturated carbocycles. The van der Waals surface area contributed by atoms with Gasteiger partial charge in [-0.15, -0.1) is 0 Å². The van der Waals surface area contributed by atoms with Crippen LogP contribution in [0.25, 0.3) is 0 Å². The third-order valence-corrected chi connectivity index (χ3v) is 1.68. The van der Waals surface area contributed by atoms with Crippen LogP contribution in [0, 0.1) is 0 Å². The Balaban J connectivity index is 2.68. The van der Waals surface area contributed by atoms with Gasteiger partial charge in [0, 0.05) is 0 Å². The van der Waals surface area contributed by atoms with E-state index >= 15 is 0 Å². The fourth-order valence-electron chi connectivity index (χ4n) is 0.373. The van der Waals surface area contributed by atoms with Crippen LogP contribution in [0.1, 0.15) is 26.2 Å². The van der Waals surface area contributed by atoms with Gasteiger partial charge in [0.2, 0.25) is 0 Å². The largest absolute Gasteiger partial charge is 0.165 e. The molecule has 0 aliphatic carbocycles. The van der Waals surface area contributed by atoms with Gasteiger partial charge in [0.05, 0.1) is 3.26 Å². The van der Waals surface area contributed by atoms with Crippen molar-refractivity contribution in [3.05, 3.63) is 0 Å². The molecule has 0 amide bonds. The minimum absolute atomic E-state index is 0.567. The lowest BCUT2D eigenvalue weighted by atomic mass is 10.3. The zero-order chi connectivity index (χ0) is 5.70. The summed E-state index contributed by atoms with van der Waals surface area (Å²) in [5.74, 6) is 0. The van der Waals surface area contributed by atoms with E-state index in [4.69, 9.17) is 0 Å². The van der Waals surface area contributed by atoms with Crippen LogP contribution >= 0.6 is 35.2 Å². The van der Waals surface area contributed by atoms with E-state index < -0.39 is 0 Å². The summed E-state index contributed by atoms with van der Waals surface area (Å²) in [5, 5.41) is 0. The van der Waals surface area contributed by atoms with Gasteiger partial charge in [0.1, 0.15) is 0 Å². The molecule has 0 rings (SSSR count). The van der Waals surface area contributed by atoms with Crippen molar-refractivity contribution in [2.24, 2.45) is 0 Å². The Labute approximate surface area is 64.6 Å². The molecule has 0 fully saturated rings. The second kappa shape index (κ2) is 5.22. The zero-order valence-electron chi connectivity index (χ0n) is 4.52. The lowest BCUT2D eigenvalue weighted by molar-refractivity contribution is 0.772. The summed E-state index contributed by atoms with van der Waals surface area (Å²) in [4.78, 5) is 0. The summed E-state index contributed by atoms with van der Waals surface area (Å²) in [6, 6.07) is 0. The van der Waals surface area contributed by atoms with Crippen molar-refractivity contribution >= 4 is 35.2 Å². The first-order valence-corrected chi connectivity index (χ1v) is 4.35. The average Bonchev–Trinajstić information content (AvgIpc) is 1.61. The summed E-state index contributed by atoms with van der Waals surface area (Å²) in [7, 11) is 0. The number of rotatable bonds is 3. The lowest BCUT2D eigenvalue weighted by Crippen LogP contribution is -1.82. The lowest BCUT2D eigenvalue weighted by Gasteiger charge is -1.96. The Bertz CT molecular complexity index is 37.1. The van der Waals surface area contributed by atoms with Crippen LogP contribution in [0.3, 0.4) is 0 Å². The molecule has 0 bridgehead atoms. The third kappa shape index (κ3) is 7.08. The fraction of sp³-hybridized carbons (Fsp3) is 1.00. The monoisotopic (exact) mass is 230 g/mol. The molecular weight excluding hydrogens is 219 g/mol. The van der Waals surface area contributed by atoms with Gasteiger partial charge in [-0.25, -0.2) is 0 Å². The molecule has 0 spiro atoms. The van der Waals surface area contributed by atoms with Gasteiger partial charge in [-0.2, -0.15) is 12.6 Å². The summed E-state index contributed by atoms with van der Waals surface area (Å²) >= 11 is 6.55. The molecule has 1 unspecified atom stereocenters. The number of unbranched alkanes of at least 4 members (excludes halogenated alkanes) is 1. The molecule has 0 aromatic carbocycles. The maximum Gasteiger partial charge on any atom is 0.0534 e. The van der Waals surface area contributed by atoms with Crippen molar-refractivity contribution in [1.82, 2.24) is 0 Å². The summed E-state index contributed by atoms with van der Waals surface area (Å²) < 4.78 is 0.567. The second-order valence-corrected chi connectivity index (χ2v) is 4.69.